The van der Waals surface area contributed by atoms with E-state index in [4.69, 9.17) is 23.2 Å². The second-order valence-corrected chi connectivity index (χ2v) is 5.87. The van der Waals surface area contributed by atoms with E-state index >= 15 is 0 Å². The molecule has 20 heavy (non-hydrogen) atoms. The molecule has 1 aliphatic rings. The summed E-state index contributed by atoms with van der Waals surface area (Å²) in [6.07, 6.45) is 2.92. The van der Waals surface area contributed by atoms with Crippen molar-refractivity contribution >= 4 is 29.1 Å². The summed E-state index contributed by atoms with van der Waals surface area (Å²) in [4.78, 5) is 14.7. The quantitative estimate of drug-likeness (QED) is 0.921. The minimum Gasteiger partial charge on any atom is -0.336 e. The molecule has 0 unspecified atom stereocenters. The summed E-state index contributed by atoms with van der Waals surface area (Å²) in [6, 6.07) is 5.52. The molecule has 0 saturated carbocycles. The van der Waals surface area contributed by atoms with Gasteiger partial charge in [0.25, 0.3) is 5.91 Å². The topological polar surface area (TPSA) is 32.3 Å². The van der Waals surface area contributed by atoms with E-state index < -0.39 is 0 Å². The van der Waals surface area contributed by atoms with Crippen LogP contribution in [0.15, 0.2) is 18.2 Å². The lowest BCUT2D eigenvalue weighted by Crippen LogP contribution is -2.46. The molecule has 110 valence electrons. The Kier molecular flexibility index (Phi) is 5.70. The fourth-order valence-electron chi connectivity index (χ4n) is 2.63. The zero-order chi connectivity index (χ0) is 14.5. The number of halogens is 2. The lowest BCUT2D eigenvalue weighted by Gasteiger charge is -2.34. The van der Waals surface area contributed by atoms with Gasteiger partial charge in [0, 0.05) is 12.6 Å². The maximum Gasteiger partial charge on any atom is 0.255 e. The van der Waals surface area contributed by atoms with E-state index in [0.717, 1.165) is 38.9 Å². The molecule has 1 aliphatic heterocycles. The molecule has 1 aromatic rings. The van der Waals surface area contributed by atoms with Crippen LogP contribution in [0.5, 0.6) is 0 Å². The Morgan fingerprint density at radius 2 is 2.05 bits per heavy atom. The molecule has 5 heteroatoms. The Balaban J connectivity index is 2.23. The third-order valence-electron chi connectivity index (χ3n) is 3.66. The number of carbonyl (C=O) groups is 1. The first-order valence-electron chi connectivity index (χ1n) is 7.10. The molecule has 1 heterocycles. The molecule has 1 N–H and O–H groups in total. The van der Waals surface area contributed by atoms with Crippen molar-refractivity contribution in [2.45, 2.75) is 32.2 Å². The van der Waals surface area contributed by atoms with Gasteiger partial charge in [-0.15, -0.1) is 0 Å². The molecule has 1 amide bonds. The van der Waals surface area contributed by atoms with Gasteiger partial charge in [0.1, 0.15) is 0 Å². The average Bonchev–Trinajstić information content (AvgIpc) is 2.48. The predicted octanol–water partition coefficient (Wildman–Crippen LogP) is 3.60. The summed E-state index contributed by atoms with van der Waals surface area (Å²) in [5, 5.41) is 4.11. The molecular weight excluding hydrogens is 295 g/mol. The van der Waals surface area contributed by atoms with Gasteiger partial charge in [-0.1, -0.05) is 36.2 Å². The number of rotatable bonds is 4. The van der Waals surface area contributed by atoms with Crippen LogP contribution in [0.2, 0.25) is 10.0 Å². The van der Waals surface area contributed by atoms with Crippen molar-refractivity contribution in [2.75, 3.05) is 19.6 Å². The molecular formula is C15H20Cl2N2O. The van der Waals surface area contributed by atoms with Gasteiger partial charge in [-0.3, -0.25) is 4.79 Å². The lowest BCUT2D eigenvalue weighted by molar-refractivity contribution is 0.0643. The van der Waals surface area contributed by atoms with E-state index in [0.29, 0.717) is 21.7 Å². The number of piperidine rings is 1. The third-order valence-corrected chi connectivity index (χ3v) is 4.48. The maximum absolute atomic E-state index is 12.8. The van der Waals surface area contributed by atoms with Crippen LogP contribution in [0, 0.1) is 0 Å². The molecule has 0 atom stereocenters. The summed E-state index contributed by atoms with van der Waals surface area (Å²) in [5.41, 5.74) is 0.506. The van der Waals surface area contributed by atoms with Gasteiger partial charge in [-0.2, -0.15) is 0 Å². The molecule has 0 bridgehead atoms. The van der Waals surface area contributed by atoms with Crippen LogP contribution < -0.4 is 5.32 Å². The second-order valence-electron chi connectivity index (χ2n) is 5.08. The smallest absolute Gasteiger partial charge is 0.255 e. The van der Waals surface area contributed by atoms with Gasteiger partial charge in [-0.05, 0) is 44.5 Å². The molecule has 0 radical (unpaired) electrons. The Morgan fingerprint density at radius 3 is 2.70 bits per heavy atom. The summed E-state index contributed by atoms with van der Waals surface area (Å²) < 4.78 is 0. The fourth-order valence-corrected chi connectivity index (χ4v) is 3.01. The van der Waals surface area contributed by atoms with Crippen molar-refractivity contribution in [3.05, 3.63) is 33.8 Å². The highest BCUT2D eigenvalue weighted by atomic mass is 35.5. The zero-order valence-electron chi connectivity index (χ0n) is 11.7. The lowest BCUT2D eigenvalue weighted by atomic mass is 10.0. The first-order chi connectivity index (χ1) is 9.65. The van der Waals surface area contributed by atoms with Crippen molar-refractivity contribution in [3.63, 3.8) is 0 Å². The van der Waals surface area contributed by atoms with Crippen molar-refractivity contribution in [2.24, 2.45) is 0 Å². The molecule has 0 spiro atoms. The van der Waals surface area contributed by atoms with E-state index in [2.05, 4.69) is 12.2 Å². The van der Waals surface area contributed by atoms with E-state index in [1.807, 2.05) is 4.90 Å². The Hall–Kier alpha value is -0.770. The standard InChI is InChI=1S/C15H20Cl2N2O/c1-2-10-19(11-6-8-18-9-7-11)15(20)12-4-3-5-13(16)14(12)17/h3-5,11,18H,2,6-10H2,1H3. The maximum atomic E-state index is 12.8. The first-order valence-corrected chi connectivity index (χ1v) is 7.86. The summed E-state index contributed by atoms with van der Waals surface area (Å²) in [7, 11) is 0. The van der Waals surface area contributed by atoms with Crippen LogP contribution in [0.25, 0.3) is 0 Å². The monoisotopic (exact) mass is 314 g/mol. The largest absolute Gasteiger partial charge is 0.336 e. The van der Waals surface area contributed by atoms with Gasteiger partial charge in [-0.25, -0.2) is 0 Å². The van der Waals surface area contributed by atoms with Crippen molar-refractivity contribution in [1.29, 1.82) is 0 Å². The number of hydrogen-bond donors (Lipinski definition) is 1. The Morgan fingerprint density at radius 1 is 1.35 bits per heavy atom. The normalized spacial score (nSPS) is 16.1. The summed E-state index contributed by atoms with van der Waals surface area (Å²) >= 11 is 12.2. The molecule has 1 aromatic carbocycles. The molecule has 0 aromatic heterocycles. The van der Waals surface area contributed by atoms with Crippen LogP contribution in [-0.4, -0.2) is 36.5 Å². The van der Waals surface area contributed by atoms with Crippen LogP contribution >= 0.6 is 23.2 Å². The number of carbonyl (C=O) groups excluding carboxylic acids is 1. The highest BCUT2D eigenvalue weighted by Crippen LogP contribution is 2.27. The minimum absolute atomic E-state index is 0.00810. The third kappa shape index (κ3) is 3.46. The first kappa shape index (κ1) is 15.6. The minimum atomic E-state index is -0.00810. The van der Waals surface area contributed by atoms with E-state index in [1.165, 1.54) is 0 Å². The number of nitrogens with zero attached hydrogens (tertiary/aromatic N) is 1. The van der Waals surface area contributed by atoms with Crippen LogP contribution in [0.3, 0.4) is 0 Å². The average molecular weight is 315 g/mol. The van der Waals surface area contributed by atoms with E-state index in [9.17, 15) is 4.79 Å². The molecule has 1 saturated heterocycles. The summed E-state index contributed by atoms with van der Waals surface area (Å²) in [6.45, 7) is 4.76. The highest BCUT2D eigenvalue weighted by molar-refractivity contribution is 6.43. The molecule has 2 rings (SSSR count). The van der Waals surface area contributed by atoms with Crippen LogP contribution in [0.4, 0.5) is 0 Å². The SMILES string of the molecule is CCCN(C(=O)c1cccc(Cl)c1Cl)C1CCNCC1. The van der Waals surface area contributed by atoms with Crippen LogP contribution in [0.1, 0.15) is 36.5 Å². The van der Waals surface area contributed by atoms with Crippen LogP contribution in [-0.2, 0) is 0 Å². The molecule has 1 fully saturated rings. The van der Waals surface area contributed by atoms with Gasteiger partial charge in [0.05, 0.1) is 15.6 Å². The van der Waals surface area contributed by atoms with Gasteiger partial charge < -0.3 is 10.2 Å². The molecule has 0 aliphatic carbocycles. The number of benzene rings is 1. The van der Waals surface area contributed by atoms with Gasteiger partial charge >= 0.3 is 0 Å². The predicted molar refractivity (Wildman–Crippen MR) is 83.7 cm³/mol. The van der Waals surface area contributed by atoms with Gasteiger partial charge in [0.15, 0.2) is 0 Å². The van der Waals surface area contributed by atoms with Crippen molar-refractivity contribution in [1.82, 2.24) is 10.2 Å². The number of amides is 1. The second kappa shape index (κ2) is 7.30. The Labute approximate surface area is 130 Å². The van der Waals surface area contributed by atoms with E-state index in [-0.39, 0.29) is 5.91 Å². The number of hydrogen-bond acceptors (Lipinski definition) is 2. The summed E-state index contributed by atoms with van der Waals surface area (Å²) in [5.74, 6) is -0.00810. The fraction of sp³-hybridized carbons (Fsp3) is 0.533. The van der Waals surface area contributed by atoms with Crippen molar-refractivity contribution in [3.8, 4) is 0 Å². The Bertz CT molecular complexity index is 473. The highest BCUT2D eigenvalue weighted by Gasteiger charge is 2.27. The number of nitrogens with one attached hydrogen (secondary N) is 1. The van der Waals surface area contributed by atoms with Crippen molar-refractivity contribution < 1.29 is 4.79 Å². The molecule has 3 nitrogen and oxygen atoms in total. The van der Waals surface area contributed by atoms with Gasteiger partial charge in [0.2, 0.25) is 0 Å². The zero-order valence-corrected chi connectivity index (χ0v) is 13.2. The van der Waals surface area contributed by atoms with E-state index in [1.54, 1.807) is 18.2 Å².